The second-order valence-electron chi connectivity index (χ2n) is 15.3. The van der Waals surface area contributed by atoms with E-state index in [9.17, 15) is 0 Å². The van der Waals surface area contributed by atoms with Crippen LogP contribution in [0.1, 0.15) is 0 Å². The monoisotopic (exact) mass is 726 g/mol. The van der Waals surface area contributed by atoms with Crippen molar-refractivity contribution < 1.29 is 4.42 Å². The summed E-state index contributed by atoms with van der Waals surface area (Å²) in [6.07, 6.45) is 0. The van der Waals surface area contributed by atoms with E-state index in [-0.39, 0.29) is 43.7 Å². The van der Waals surface area contributed by atoms with Gasteiger partial charge >= 0.3 is 0 Å². The number of rotatable bonds is 3. The fourth-order valence-corrected chi connectivity index (χ4v) is 9.32. The lowest BCUT2D eigenvalue weighted by Gasteiger charge is -2.28. The van der Waals surface area contributed by atoms with Gasteiger partial charge in [-0.1, -0.05) is 131 Å². The van der Waals surface area contributed by atoms with Gasteiger partial charge in [0.2, 0.25) is 0 Å². The summed E-state index contributed by atoms with van der Waals surface area (Å²) in [5.74, 6) is 0. The van der Waals surface area contributed by atoms with Crippen LogP contribution in [0.3, 0.4) is 0 Å². The molecule has 0 bridgehead atoms. The van der Waals surface area contributed by atoms with E-state index in [4.69, 9.17) is 67.2 Å². The highest BCUT2D eigenvalue weighted by atomic mass is 16.3. The standard InChI is InChI=1S/C50H22B8O/c51-42-38-36(26-10-5-9-25(21-26)29-13-6-14-31-28-11-3-1-7-23(28)15-18-32(29)31)39-41(45(54)49(58)47(56)43(39)52)37(40(38)44(53)48(57)46(42)55)27-17-20-35-34(22-27)33-19-16-24-8-2-4-12-30(24)50(33)59-35/h1-22H. The molecule has 9 heteroatoms. The molecule has 0 fully saturated rings. The Bertz CT molecular complexity index is 3580. The Morgan fingerprint density at radius 2 is 0.797 bits per heavy atom. The van der Waals surface area contributed by atoms with Crippen LogP contribution >= 0.6 is 0 Å². The summed E-state index contributed by atoms with van der Waals surface area (Å²) in [6.45, 7) is 0. The van der Waals surface area contributed by atoms with Gasteiger partial charge in [0.1, 0.15) is 73.9 Å². The Morgan fingerprint density at radius 3 is 1.42 bits per heavy atom. The summed E-state index contributed by atoms with van der Waals surface area (Å²) in [7, 11) is 55.2. The third-order valence-corrected chi connectivity index (χ3v) is 12.2. The molecule has 59 heavy (non-hydrogen) atoms. The molecular formula is C50H22B8O. The van der Waals surface area contributed by atoms with Crippen molar-refractivity contribution >= 4 is 182 Å². The molecule has 0 aliphatic heterocycles. The average molecular weight is 725 g/mol. The van der Waals surface area contributed by atoms with Crippen LogP contribution in [-0.4, -0.2) is 62.8 Å². The third-order valence-electron chi connectivity index (χ3n) is 12.2. The molecule has 10 aromatic carbocycles. The molecule has 0 saturated heterocycles. The van der Waals surface area contributed by atoms with Gasteiger partial charge in [0.05, 0.1) is 0 Å². The van der Waals surface area contributed by atoms with Crippen molar-refractivity contribution in [1.29, 1.82) is 0 Å². The van der Waals surface area contributed by atoms with Crippen LogP contribution < -0.4 is 43.7 Å². The number of fused-ring (bicyclic) bond motifs is 10. The van der Waals surface area contributed by atoms with Crippen molar-refractivity contribution in [3.8, 4) is 33.4 Å². The van der Waals surface area contributed by atoms with E-state index in [1.54, 1.807) is 0 Å². The molecule has 16 radical (unpaired) electrons. The van der Waals surface area contributed by atoms with Crippen molar-refractivity contribution in [2.75, 3.05) is 0 Å². The predicted molar refractivity (Wildman–Crippen MR) is 261 cm³/mol. The molecule has 0 unspecified atom stereocenters. The zero-order valence-corrected chi connectivity index (χ0v) is 31.7. The van der Waals surface area contributed by atoms with Crippen molar-refractivity contribution in [3.05, 3.63) is 133 Å². The van der Waals surface area contributed by atoms with Crippen LogP contribution in [0.2, 0.25) is 0 Å². The van der Waals surface area contributed by atoms with Crippen molar-refractivity contribution in [1.82, 2.24) is 0 Å². The van der Waals surface area contributed by atoms with Gasteiger partial charge in [-0.25, -0.2) is 0 Å². The minimum Gasteiger partial charge on any atom is -0.455 e. The van der Waals surface area contributed by atoms with E-state index < -0.39 is 0 Å². The molecular weight excluding hydrogens is 703 g/mol. The average Bonchev–Trinajstić information content (AvgIpc) is 3.66. The first kappa shape index (κ1) is 35.9. The number of furan rings is 1. The summed E-state index contributed by atoms with van der Waals surface area (Å²) in [6, 6.07) is 45.6. The summed E-state index contributed by atoms with van der Waals surface area (Å²) in [4.78, 5) is 0. The maximum atomic E-state index is 7.09. The van der Waals surface area contributed by atoms with Gasteiger partial charge in [-0.2, -0.15) is 0 Å². The topological polar surface area (TPSA) is 13.1 Å². The van der Waals surface area contributed by atoms with Crippen molar-refractivity contribution in [2.45, 2.75) is 0 Å². The number of benzene rings is 10. The third kappa shape index (κ3) is 5.10. The summed E-state index contributed by atoms with van der Waals surface area (Å²) in [5, 5.41) is 10.8. The summed E-state index contributed by atoms with van der Waals surface area (Å²) in [5.41, 5.74) is 8.03. The predicted octanol–water partition coefficient (Wildman–Crippen LogP) is 4.70. The van der Waals surface area contributed by atoms with Gasteiger partial charge < -0.3 is 4.42 Å². The van der Waals surface area contributed by atoms with Crippen LogP contribution in [0, 0.1) is 0 Å². The van der Waals surface area contributed by atoms with Crippen LogP contribution in [0.5, 0.6) is 0 Å². The molecule has 1 nitrogen and oxygen atoms in total. The zero-order valence-electron chi connectivity index (χ0n) is 31.7. The van der Waals surface area contributed by atoms with E-state index in [0.717, 1.165) is 65.7 Å². The van der Waals surface area contributed by atoms with Gasteiger partial charge in [-0.05, 0) is 106 Å². The lowest BCUT2D eigenvalue weighted by molar-refractivity contribution is 0.672. The van der Waals surface area contributed by atoms with Crippen molar-refractivity contribution in [3.63, 3.8) is 0 Å². The lowest BCUT2D eigenvalue weighted by atomic mass is 9.59. The molecule has 1 heterocycles. The van der Waals surface area contributed by atoms with E-state index in [1.165, 1.54) is 10.8 Å². The normalized spacial score (nSPS) is 11.9. The fourth-order valence-electron chi connectivity index (χ4n) is 9.32. The Hall–Kier alpha value is -6.18. The molecule has 0 N–H and O–H groups in total. The summed E-state index contributed by atoms with van der Waals surface area (Å²) >= 11 is 0. The molecule has 1 aromatic heterocycles. The van der Waals surface area contributed by atoms with Gasteiger partial charge in [0, 0.05) is 16.2 Å². The first-order valence-electron chi connectivity index (χ1n) is 19.2. The molecule has 11 rings (SSSR count). The minimum atomic E-state index is 0.162. The number of hydrogen-bond acceptors (Lipinski definition) is 1. The highest BCUT2D eigenvalue weighted by Crippen LogP contribution is 2.44. The van der Waals surface area contributed by atoms with Crippen molar-refractivity contribution in [2.24, 2.45) is 0 Å². The zero-order chi connectivity index (χ0) is 40.4. The van der Waals surface area contributed by atoms with Gasteiger partial charge in [0.15, 0.2) is 0 Å². The maximum Gasteiger partial charge on any atom is 0.143 e. The molecule has 0 saturated carbocycles. The first-order valence-corrected chi connectivity index (χ1v) is 19.2. The van der Waals surface area contributed by atoms with Crippen LogP contribution in [0.15, 0.2) is 138 Å². The molecule has 0 spiro atoms. The smallest absolute Gasteiger partial charge is 0.143 e. The maximum absolute atomic E-state index is 7.09. The molecule has 0 aliphatic carbocycles. The molecule has 11 aromatic rings. The van der Waals surface area contributed by atoms with Crippen LogP contribution in [0.25, 0.3) is 109 Å². The highest BCUT2D eigenvalue weighted by Gasteiger charge is 2.25. The quantitative estimate of drug-likeness (QED) is 0.146. The van der Waals surface area contributed by atoms with Gasteiger partial charge in [0.25, 0.3) is 0 Å². The Labute approximate surface area is 351 Å². The SMILES string of the molecule is [B]c1c([B])c([B])c2c(-c3ccc4oc5c6ccccc6ccc5c4c3)c3c([B])c([B])c([B])c([B])c3c(-c3cccc(-c4cccc5c4ccc4ccccc45)c3)c2c1[B]. The Balaban J connectivity index is 1.27. The molecule has 0 amide bonds. The number of hydrogen-bond donors (Lipinski definition) is 0. The van der Waals surface area contributed by atoms with E-state index in [1.807, 2.05) is 36.4 Å². The second-order valence-corrected chi connectivity index (χ2v) is 15.3. The largest absolute Gasteiger partial charge is 0.455 e. The van der Waals surface area contributed by atoms with Crippen LogP contribution in [-0.2, 0) is 0 Å². The lowest BCUT2D eigenvalue weighted by Crippen LogP contribution is -2.50. The van der Waals surface area contributed by atoms with Crippen LogP contribution in [0.4, 0.5) is 0 Å². The molecule has 252 valence electrons. The Morgan fingerprint density at radius 1 is 0.305 bits per heavy atom. The molecule has 0 aliphatic rings. The Kier molecular flexibility index (Phi) is 8.02. The van der Waals surface area contributed by atoms with Gasteiger partial charge in [-0.3, -0.25) is 0 Å². The first-order chi connectivity index (χ1) is 28.6. The molecule has 0 atom stereocenters. The van der Waals surface area contributed by atoms with E-state index in [0.29, 0.717) is 32.7 Å². The fraction of sp³-hybridized carbons (Fsp3) is 0. The summed E-state index contributed by atoms with van der Waals surface area (Å²) < 4.78 is 6.50. The highest BCUT2D eigenvalue weighted by molar-refractivity contribution is 6.71. The minimum absolute atomic E-state index is 0.162. The van der Waals surface area contributed by atoms with Gasteiger partial charge in [-0.15, -0.1) is 21.9 Å². The van der Waals surface area contributed by atoms with E-state index >= 15 is 0 Å². The van der Waals surface area contributed by atoms with E-state index in [2.05, 4.69) is 97.1 Å². The second kappa shape index (κ2) is 13.2.